The molecule has 0 spiro atoms. The lowest BCUT2D eigenvalue weighted by Crippen LogP contribution is -2.59. The largest absolute Gasteiger partial charge is 0.207 e. The summed E-state index contributed by atoms with van der Waals surface area (Å²) < 4.78 is 410. The Kier molecular flexibility index (Phi) is 11.7. The van der Waals surface area contributed by atoms with Crippen molar-refractivity contribution in [1.29, 1.82) is 0 Å². The van der Waals surface area contributed by atoms with Gasteiger partial charge in [0, 0.05) is 0 Å². The first kappa shape index (κ1) is 47.0. The Bertz CT molecular complexity index is 2670. The first-order valence-corrected chi connectivity index (χ1v) is 15.7. The van der Waals surface area contributed by atoms with Crippen LogP contribution in [0.5, 0.6) is 0 Å². The summed E-state index contributed by atoms with van der Waals surface area (Å²) in [6.45, 7) is -5.17. The van der Waals surface area contributed by atoms with E-state index in [1.807, 2.05) is 0 Å². The number of halogens is 27. The van der Waals surface area contributed by atoms with Gasteiger partial charge >= 0.3 is 0 Å². The second-order valence-electron chi connectivity index (χ2n) is 12.4. The van der Waals surface area contributed by atoms with Crippen molar-refractivity contribution in [3.8, 4) is 33.4 Å². The van der Waals surface area contributed by atoms with Crippen molar-refractivity contribution in [2.24, 2.45) is 0 Å². The van der Waals surface area contributed by atoms with Crippen LogP contribution in [0, 0.1) is 157 Å². The zero-order valence-electron chi connectivity index (χ0n) is 28.8. The number of hydrogen-bond acceptors (Lipinski definition) is 0. The molecule has 0 atom stereocenters. The third-order valence-corrected chi connectivity index (χ3v) is 9.16. The second-order valence-corrected chi connectivity index (χ2v) is 12.4. The molecule has 0 bridgehead atoms. The number of rotatable bonds is 6. The molecule has 6 aromatic carbocycles. The highest BCUT2D eigenvalue weighted by Gasteiger charge is 2.41. The van der Waals surface area contributed by atoms with E-state index in [1.165, 1.54) is 0 Å². The molecule has 0 aliphatic carbocycles. The summed E-state index contributed by atoms with van der Waals surface area (Å²) in [5.41, 5.74) is -30.8. The number of benzene rings is 6. The molecule has 0 saturated carbocycles. The van der Waals surface area contributed by atoms with E-state index < -0.39 is 214 Å². The minimum absolute atomic E-state index is 3.32. The van der Waals surface area contributed by atoms with Crippen LogP contribution >= 0.6 is 0 Å². The number of hydrogen-bond donors (Lipinski definition) is 0. The highest BCUT2D eigenvalue weighted by Crippen LogP contribution is 2.40. The Balaban J connectivity index is 2.12. The smallest absolute Gasteiger partial charge is 0.200 e. The predicted octanol–water partition coefficient (Wildman–Crippen LogP) is 11.0. The summed E-state index contributed by atoms with van der Waals surface area (Å²) in [5.74, 6) is -96.9. The fraction of sp³-hybridized carbons (Fsp3) is 0. The third kappa shape index (κ3) is 6.32. The lowest BCUT2D eigenvalue weighted by Gasteiger charge is -2.38. The van der Waals surface area contributed by atoms with Gasteiger partial charge in [-0.05, 0) is 23.4 Å². The van der Waals surface area contributed by atoms with Gasteiger partial charge in [0.1, 0.15) is 17.5 Å². The normalized spacial score (nSPS) is 11.8. The van der Waals surface area contributed by atoms with E-state index in [9.17, 15) is 52.7 Å². The zero-order chi connectivity index (χ0) is 48.4. The Labute approximate surface area is 332 Å². The van der Waals surface area contributed by atoms with Crippen LogP contribution in [0.3, 0.4) is 0 Å². The Morgan fingerprint density at radius 3 is 0.391 bits per heavy atom. The maximum Gasteiger partial charge on any atom is 0.200 e. The van der Waals surface area contributed by atoms with E-state index in [4.69, 9.17) is 0 Å². The minimum Gasteiger partial charge on any atom is -0.207 e. The van der Waals surface area contributed by atoms with Crippen LogP contribution in [0.4, 0.5) is 119 Å². The average molecular weight is 956 g/mol. The molecular formula is C36BF27-. The van der Waals surface area contributed by atoms with Crippen molar-refractivity contribution >= 4 is 23.1 Å². The van der Waals surface area contributed by atoms with E-state index in [1.54, 1.807) is 0 Å². The minimum atomic E-state index is -5.17. The molecule has 0 saturated heterocycles. The Morgan fingerprint density at radius 1 is 0.125 bits per heavy atom. The second kappa shape index (κ2) is 15.9. The molecule has 64 heavy (non-hydrogen) atoms. The van der Waals surface area contributed by atoms with Gasteiger partial charge in [-0.2, -0.15) is 16.4 Å². The van der Waals surface area contributed by atoms with Crippen molar-refractivity contribution < 1.29 is 119 Å². The molecule has 0 aliphatic heterocycles. The van der Waals surface area contributed by atoms with Crippen LogP contribution in [0.1, 0.15) is 0 Å². The SMILES string of the molecule is Fc1c(F)c(F)c(-c2c(F)c(F)c(F)c(F)c2[B-](c2c(F)c(F)c(F)c(F)c2-c2c(F)c(F)c(F)c(F)c2F)c2c(F)c(F)c(F)c(F)c2-c2c(F)c(F)c(F)c(F)c2F)c(F)c1F. The van der Waals surface area contributed by atoms with Gasteiger partial charge in [0.05, 0.1) is 16.7 Å². The van der Waals surface area contributed by atoms with Crippen LogP contribution in [0.2, 0.25) is 0 Å². The molecule has 28 heteroatoms. The first-order chi connectivity index (χ1) is 29.6. The zero-order valence-corrected chi connectivity index (χ0v) is 28.8. The van der Waals surface area contributed by atoms with E-state index in [2.05, 4.69) is 0 Å². The molecule has 0 amide bonds. The molecule has 0 aromatic heterocycles. The fourth-order valence-electron chi connectivity index (χ4n) is 6.40. The summed E-state index contributed by atoms with van der Waals surface area (Å²) in [5, 5.41) is 0. The van der Waals surface area contributed by atoms with E-state index in [-0.39, 0.29) is 0 Å². The quantitative estimate of drug-likeness (QED) is 0.0675. The molecule has 0 aliphatic rings. The Morgan fingerprint density at radius 2 is 0.234 bits per heavy atom. The Hall–Kier alpha value is -6.51. The van der Waals surface area contributed by atoms with Crippen molar-refractivity contribution in [2.45, 2.75) is 0 Å². The molecule has 6 aromatic rings. The van der Waals surface area contributed by atoms with Crippen LogP contribution in [0.15, 0.2) is 0 Å². The van der Waals surface area contributed by atoms with Gasteiger partial charge in [0.15, 0.2) is 122 Å². The molecular weight excluding hydrogens is 956 g/mol. The highest BCUT2D eigenvalue weighted by molar-refractivity contribution is 6.98. The molecule has 0 fully saturated rings. The van der Waals surface area contributed by atoms with Crippen molar-refractivity contribution in [3.63, 3.8) is 0 Å². The standard InChI is InChI=1S/C36BF27/c38-10-1(4-13(41)25(53)34(62)26(54)14(4)42)7(19(47)31(59)22(10)50)37(8-2(11(39)23(51)32(60)20(8)48)5-15(43)27(55)35(63)28(56)16(5)44)9-3(12(40)24(52)33(61)21(9)49)6-17(45)29(57)36(64)30(58)18(6)46/q-1. The molecule has 0 N–H and O–H groups in total. The summed E-state index contributed by atoms with van der Waals surface area (Å²) >= 11 is 0. The lowest BCUT2D eigenvalue weighted by molar-refractivity contribution is 0.379. The topological polar surface area (TPSA) is 0 Å². The van der Waals surface area contributed by atoms with Crippen molar-refractivity contribution in [3.05, 3.63) is 157 Å². The molecule has 0 unspecified atom stereocenters. The van der Waals surface area contributed by atoms with Crippen LogP contribution in [-0.2, 0) is 0 Å². The van der Waals surface area contributed by atoms with Gasteiger partial charge in [-0.25, -0.2) is 119 Å². The van der Waals surface area contributed by atoms with E-state index in [0.29, 0.717) is 0 Å². The molecule has 337 valence electrons. The van der Waals surface area contributed by atoms with Gasteiger partial charge in [-0.15, -0.1) is 0 Å². The van der Waals surface area contributed by atoms with Crippen LogP contribution in [0.25, 0.3) is 33.4 Å². The highest BCUT2D eigenvalue weighted by atomic mass is 19.2. The van der Waals surface area contributed by atoms with E-state index >= 15 is 65.9 Å². The van der Waals surface area contributed by atoms with Crippen molar-refractivity contribution in [2.75, 3.05) is 0 Å². The predicted molar refractivity (Wildman–Crippen MR) is 159 cm³/mol. The van der Waals surface area contributed by atoms with Gasteiger partial charge in [-0.1, -0.05) is 0 Å². The van der Waals surface area contributed by atoms with Gasteiger partial charge in [0.25, 0.3) is 0 Å². The summed E-state index contributed by atoms with van der Waals surface area (Å²) in [6.07, 6.45) is 0. The third-order valence-electron chi connectivity index (χ3n) is 9.16. The molecule has 0 heterocycles. The summed E-state index contributed by atoms with van der Waals surface area (Å²) in [6, 6.07) is 0. The van der Waals surface area contributed by atoms with Crippen molar-refractivity contribution in [1.82, 2.24) is 0 Å². The molecule has 1 radical (unpaired) electrons. The van der Waals surface area contributed by atoms with Crippen LogP contribution in [-0.4, -0.2) is 6.71 Å². The maximum atomic E-state index is 16.4. The van der Waals surface area contributed by atoms with Crippen LogP contribution < -0.4 is 16.4 Å². The first-order valence-electron chi connectivity index (χ1n) is 15.7. The van der Waals surface area contributed by atoms with Gasteiger partial charge in [0.2, 0.25) is 17.5 Å². The summed E-state index contributed by atoms with van der Waals surface area (Å²) in [7, 11) is 0. The maximum absolute atomic E-state index is 16.4. The average Bonchev–Trinajstić information content (AvgIpc) is 3.27. The fourth-order valence-corrected chi connectivity index (χ4v) is 6.40. The van der Waals surface area contributed by atoms with Gasteiger partial charge < -0.3 is 0 Å². The van der Waals surface area contributed by atoms with E-state index in [0.717, 1.165) is 0 Å². The molecule has 6 rings (SSSR count). The lowest BCUT2D eigenvalue weighted by atomic mass is 9.33. The monoisotopic (exact) mass is 956 g/mol. The molecule has 0 nitrogen and oxygen atoms in total. The van der Waals surface area contributed by atoms with Gasteiger partial charge in [-0.3, -0.25) is 0 Å². The summed E-state index contributed by atoms with van der Waals surface area (Å²) in [4.78, 5) is 0.